The van der Waals surface area contributed by atoms with Gasteiger partial charge in [0.25, 0.3) is 0 Å². The molecule has 7 heteroatoms. The van der Waals surface area contributed by atoms with E-state index in [0.29, 0.717) is 0 Å². The molecule has 0 saturated heterocycles. The predicted molar refractivity (Wildman–Crippen MR) is 33.5 cm³/mol. The van der Waals surface area contributed by atoms with Gasteiger partial charge >= 0.3 is 79.2 Å². The van der Waals surface area contributed by atoms with Crippen LogP contribution in [0.3, 0.4) is 0 Å². The number of nitro groups is 1. The first kappa shape index (κ1) is 11.1. The third-order valence-corrected chi connectivity index (χ3v) is 8.11. The molecule has 0 radical (unpaired) electrons. The first-order chi connectivity index (χ1) is 5.11. The maximum atomic E-state index is 10.7. The summed E-state index contributed by atoms with van der Waals surface area (Å²) in [6.45, 7) is -0.377. The van der Waals surface area contributed by atoms with Gasteiger partial charge in [0.1, 0.15) is 0 Å². The zero-order valence-electron chi connectivity index (χ0n) is 5.95. The summed E-state index contributed by atoms with van der Waals surface area (Å²) in [5.74, 6) is -0.543. The van der Waals surface area contributed by atoms with Gasteiger partial charge in [-0.25, -0.2) is 0 Å². The van der Waals surface area contributed by atoms with Crippen molar-refractivity contribution in [2.45, 2.75) is 3.43 Å². The molecule has 60 valence electrons. The molecule has 0 amide bonds. The normalized spacial score (nSPS) is 11.5. The van der Waals surface area contributed by atoms with Crippen LogP contribution in [-0.2, 0) is 32.9 Å². The molecule has 1 unspecified atom stereocenters. The molecule has 1 atom stereocenters. The number of carbonyl (C=O) groups excluding carboxylic acids is 1. The third-order valence-electron chi connectivity index (χ3n) is 1.09. The Morgan fingerprint density at radius 1 is 1.91 bits per heavy atom. The van der Waals surface area contributed by atoms with E-state index in [0.717, 1.165) is 0 Å². The van der Waals surface area contributed by atoms with Gasteiger partial charge in [-0.15, -0.1) is 0 Å². The fourth-order valence-electron chi connectivity index (χ4n) is 0.533. The monoisotopic (exact) mass is 369 g/mol. The molecule has 5 nitrogen and oxygen atoms in total. The SMILES string of the molecule is COC(=O)[CH](C[N+](=O)[O-])[Hg][Cl]. The number of methoxy groups -OCH3 is 1. The summed E-state index contributed by atoms with van der Waals surface area (Å²) < 4.78 is 3.72. The molecule has 0 rings (SSSR count). The fraction of sp³-hybridized carbons (Fsp3) is 0.750. The fourth-order valence-corrected chi connectivity index (χ4v) is 4.83. The van der Waals surface area contributed by atoms with Gasteiger partial charge in [-0.3, -0.25) is 0 Å². The van der Waals surface area contributed by atoms with E-state index >= 15 is 0 Å². The van der Waals surface area contributed by atoms with Gasteiger partial charge in [-0.05, 0) is 0 Å². The summed E-state index contributed by atoms with van der Waals surface area (Å²) >= 11 is -1.89. The van der Waals surface area contributed by atoms with Gasteiger partial charge in [0.05, 0.1) is 0 Å². The van der Waals surface area contributed by atoms with E-state index in [1.54, 1.807) is 0 Å². The van der Waals surface area contributed by atoms with E-state index in [4.69, 9.17) is 8.25 Å². The Morgan fingerprint density at radius 3 is 2.73 bits per heavy atom. The topological polar surface area (TPSA) is 69.4 Å². The van der Waals surface area contributed by atoms with E-state index in [9.17, 15) is 14.9 Å². The second-order valence-electron chi connectivity index (χ2n) is 1.89. The minimum atomic E-state index is -1.89. The van der Waals surface area contributed by atoms with Crippen LogP contribution in [0.5, 0.6) is 0 Å². The second-order valence-corrected chi connectivity index (χ2v) is 9.63. The number of carbonyl (C=O) groups is 1. The van der Waals surface area contributed by atoms with Crippen LogP contribution in [0, 0.1) is 10.1 Å². The van der Waals surface area contributed by atoms with Gasteiger partial charge in [0.2, 0.25) is 0 Å². The van der Waals surface area contributed by atoms with Crippen molar-refractivity contribution in [2.75, 3.05) is 13.7 Å². The second kappa shape index (κ2) is 5.71. The molecule has 0 N–H and O–H groups in total. The van der Waals surface area contributed by atoms with Gasteiger partial charge in [-0.2, -0.15) is 0 Å². The van der Waals surface area contributed by atoms with Crippen LogP contribution in [0.1, 0.15) is 0 Å². The van der Waals surface area contributed by atoms with Crippen LogP contribution in [0.15, 0.2) is 0 Å². The summed E-state index contributed by atoms with van der Waals surface area (Å²) in [5.41, 5.74) is 0. The van der Waals surface area contributed by atoms with Crippen molar-refractivity contribution in [3.8, 4) is 0 Å². The molecule has 0 heterocycles. The Bertz CT molecular complexity index is 164. The first-order valence-electron chi connectivity index (χ1n) is 2.87. The van der Waals surface area contributed by atoms with Crippen molar-refractivity contribution in [1.82, 2.24) is 0 Å². The molecule has 0 fully saturated rings. The number of ether oxygens (including phenoxy) is 1. The minimum absolute atomic E-state index is 0.377. The predicted octanol–water partition coefficient (Wildman–Crippen LogP) is 0.461. The van der Waals surface area contributed by atoms with E-state index in [2.05, 4.69) is 4.74 Å². The zero-order valence-corrected chi connectivity index (χ0v) is 12.2. The summed E-state index contributed by atoms with van der Waals surface area (Å²) in [6.07, 6.45) is 0. The van der Waals surface area contributed by atoms with Crippen LogP contribution in [0.2, 0.25) is 3.43 Å². The Balaban J connectivity index is 3.94. The van der Waals surface area contributed by atoms with E-state index in [1.165, 1.54) is 7.11 Å². The van der Waals surface area contributed by atoms with E-state index < -0.39 is 37.7 Å². The average Bonchev–Trinajstić information content (AvgIpc) is 1.98. The number of esters is 1. The summed E-state index contributed by atoms with van der Waals surface area (Å²) in [5, 5.41) is 9.96. The van der Waals surface area contributed by atoms with Crippen molar-refractivity contribution in [1.29, 1.82) is 0 Å². The molecule has 0 aliphatic rings. The van der Waals surface area contributed by atoms with Crippen LogP contribution in [0.4, 0.5) is 0 Å². The molecule has 0 saturated carbocycles. The van der Waals surface area contributed by atoms with Gasteiger partial charge in [0.15, 0.2) is 0 Å². The summed E-state index contributed by atoms with van der Waals surface area (Å²) in [6, 6.07) is 0. The molecule has 0 aliphatic heterocycles. The van der Waals surface area contributed by atoms with Crippen LogP contribution in [0.25, 0.3) is 0 Å². The van der Waals surface area contributed by atoms with Crippen molar-refractivity contribution in [3.63, 3.8) is 0 Å². The Morgan fingerprint density at radius 2 is 2.45 bits per heavy atom. The number of nitrogens with zero attached hydrogens (tertiary/aromatic N) is 1. The van der Waals surface area contributed by atoms with Crippen molar-refractivity contribution < 1.29 is 37.8 Å². The molecule has 0 bridgehead atoms. The zero-order chi connectivity index (χ0) is 8.85. The Hall–Kier alpha value is 0.0951. The van der Waals surface area contributed by atoms with Gasteiger partial charge in [-0.1, -0.05) is 0 Å². The molecule has 0 aromatic heterocycles. The van der Waals surface area contributed by atoms with Crippen molar-refractivity contribution >= 4 is 14.2 Å². The molecular formula is C4H6ClHgNO4. The molecular weight excluding hydrogens is 362 g/mol. The van der Waals surface area contributed by atoms with E-state index in [-0.39, 0.29) is 6.54 Å². The van der Waals surface area contributed by atoms with Gasteiger partial charge in [0, 0.05) is 0 Å². The Kier molecular flexibility index (Phi) is 5.76. The van der Waals surface area contributed by atoms with Gasteiger partial charge < -0.3 is 0 Å². The third kappa shape index (κ3) is 4.52. The molecule has 0 spiro atoms. The number of halogens is 1. The number of rotatable bonds is 4. The first-order valence-corrected chi connectivity index (χ1v) is 12.8. The molecule has 0 aromatic rings. The van der Waals surface area contributed by atoms with Crippen LogP contribution >= 0.6 is 8.25 Å². The summed E-state index contributed by atoms with van der Waals surface area (Å²) in [7, 11) is 6.71. The average molecular weight is 368 g/mol. The molecule has 11 heavy (non-hydrogen) atoms. The summed E-state index contributed by atoms with van der Waals surface area (Å²) in [4.78, 5) is 20.1. The van der Waals surface area contributed by atoms with Crippen molar-refractivity contribution in [3.05, 3.63) is 10.1 Å². The van der Waals surface area contributed by atoms with Crippen molar-refractivity contribution in [2.24, 2.45) is 0 Å². The Labute approximate surface area is 79.1 Å². The van der Waals surface area contributed by atoms with Crippen LogP contribution in [-0.4, -0.2) is 24.5 Å². The number of hydrogen-bond acceptors (Lipinski definition) is 4. The quantitative estimate of drug-likeness (QED) is 0.313. The molecule has 0 aliphatic carbocycles. The molecule has 0 aromatic carbocycles. The number of hydrogen-bond donors (Lipinski definition) is 0. The van der Waals surface area contributed by atoms with Crippen LogP contribution < -0.4 is 0 Å². The standard InChI is InChI=1S/C4H6NO4.ClH.Hg/c1-9-4(6)2-3-5(7)8;;/h2H,3H2,1H3;1H;/q;;+1/p-1. The van der Waals surface area contributed by atoms with E-state index in [1.807, 2.05) is 0 Å². The maximum absolute atomic E-state index is 10.7.